The molecule has 2 aliphatic heterocycles. The number of hydrogen-bond donors (Lipinski definition) is 1. The predicted octanol–water partition coefficient (Wildman–Crippen LogP) is 6.51. The summed E-state index contributed by atoms with van der Waals surface area (Å²) >= 11 is 17.4. The van der Waals surface area contributed by atoms with Crippen LogP contribution in [0.2, 0.25) is 0 Å². The molecule has 15 nitrogen and oxygen atoms in total. The second kappa shape index (κ2) is 13.6. The normalized spacial score (nSPS) is 26.4. The molecule has 6 unspecified atom stereocenters. The van der Waals surface area contributed by atoms with Crippen LogP contribution in [-0.4, -0.2) is 69.5 Å². The van der Waals surface area contributed by atoms with Gasteiger partial charge in [-0.25, -0.2) is 31.8 Å². The van der Waals surface area contributed by atoms with E-state index in [1.807, 2.05) is 0 Å². The van der Waals surface area contributed by atoms with Crippen molar-refractivity contribution in [2.75, 3.05) is 35.9 Å². The molecular formula is C35H23BrCl2F5N5O10. The molecule has 1 N–H and O–H groups in total. The molecular weight excluding hydrogens is 896 g/mol. The lowest BCUT2D eigenvalue weighted by Crippen LogP contribution is -2.60. The molecule has 23 heteroatoms. The largest absolute Gasteiger partial charge is 0.503 e. The summed E-state index contributed by atoms with van der Waals surface area (Å²) in [7, 11) is 3.74. The molecule has 1 saturated carbocycles. The van der Waals surface area contributed by atoms with E-state index in [9.17, 15) is 57.7 Å². The summed E-state index contributed by atoms with van der Waals surface area (Å²) in [6, 6.07) is 3.94. The van der Waals surface area contributed by atoms with E-state index in [2.05, 4.69) is 15.9 Å². The minimum Gasteiger partial charge on any atom is -0.503 e. The molecule has 0 aromatic heterocycles. The summed E-state index contributed by atoms with van der Waals surface area (Å²) in [5, 5.41) is 34.9. The second-order valence-corrected chi connectivity index (χ2v) is 16.1. The average Bonchev–Trinajstić information content (AvgIpc) is 3.51. The molecule has 0 spiro atoms. The molecule has 4 aliphatic rings. The van der Waals surface area contributed by atoms with Crippen molar-refractivity contribution >= 4 is 91.2 Å². The fourth-order valence-electron chi connectivity index (χ4n) is 8.57. The number of nitro groups is 2. The van der Waals surface area contributed by atoms with Crippen LogP contribution in [0.4, 0.5) is 50.4 Å². The number of aromatic hydroxyl groups is 1. The van der Waals surface area contributed by atoms with Crippen molar-refractivity contribution < 1.29 is 60.8 Å². The number of nitro benzene ring substituents is 2. The zero-order valence-corrected chi connectivity index (χ0v) is 32.6. The van der Waals surface area contributed by atoms with Crippen LogP contribution < -0.4 is 19.4 Å². The van der Waals surface area contributed by atoms with Crippen LogP contribution in [0.5, 0.6) is 11.5 Å². The number of carbonyl (C=O) groups excluding carboxylic acids is 4. The fraction of sp³-hybridized carbons (Fsp3) is 0.314. The lowest BCUT2D eigenvalue weighted by molar-refractivity contribution is -0.392. The van der Waals surface area contributed by atoms with Gasteiger partial charge in [-0.1, -0.05) is 11.6 Å². The summed E-state index contributed by atoms with van der Waals surface area (Å²) in [5.74, 6) is -25.0. The van der Waals surface area contributed by atoms with Crippen molar-refractivity contribution in [3.8, 4) is 11.5 Å². The summed E-state index contributed by atoms with van der Waals surface area (Å²) in [6.07, 6.45) is 0.204. The van der Waals surface area contributed by atoms with Crippen LogP contribution in [0.25, 0.3) is 0 Å². The van der Waals surface area contributed by atoms with E-state index in [-0.39, 0.29) is 32.7 Å². The van der Waals surface area contributed by atoms with E-state index in [1.54, 1.807) is 0 Å². The number of benzene rings is 3. The van der Waals surface area contributed by atoms with Gasteiger partial charge in [-0.3, -0.25) is 39.4 Å². The van der Waals surface area contributed by atoms with Crippen LogP contribution in [0.1, 0.15) is 24.3 Å². The summed E-state index contributed by atoms with van der Waals surface area (Å²) in [4.78, 5) is 75.4. The number of anilines is 3. The van der Waals surface area contributed by atoms with Gasteiger partial charge >= 0.3 is 11.4 Å². The summed E-state index contributed by atoms with van der Waals surface area (Å²) in [5.41, 5.74) is -4.69. The minimum atomic E-state index is -2.89. The van der Waals surface area contributed by atoms with Crippen LogP contribution in [0, 0.1) is 67.1 Å². The third-order valence-electron chi connectivity index (χ3n) is 11.0. The summed E-state index contributed by atoms with van der Waals surface area (Å²) < 4.78 is 79.1. The highest BCUT2D eigenvalue weighted by molar-refractivity contribution is 9.10. The Morgan fingerprint density at radius 2 is 1.41 bits per heavy atom. The lowest BCUT2D eigenvalue weighted by atomic mass is 9.56. The Kier molecular flexibility index (Phi) is 9.55. The van der Waals surface area contributed by atoms with Crippen LogP contribution in [0.3, 0.4) is 0 Å². The molecule has 304 valence electrons. The van der Waals surface area contributed by atoms with Gasteiger partial charge in [-0.2, -0.15) is 0 Å². The number of methoxy groups -OCH3 is 1. The number of fused-ring (bicyclic) bond motifs is 4. The first kappa shape index (κ1) is 40.8. The lowest BCUT2D eigenvalue weighted by Gasteiger charge is -2.50. The number of phenols is 1. The number of amides is 4. The first-order valence-electron chi connectivity index (χ1n) is 16.6. The number of carbonyl (C=O) groups is 4. The molecule has 3 fully saturated rings. The molecule has 0 bridgehead atoms. The Hall–Kier alpha value is -5.41. The summed E-state index contributed by atoms with van der Waals surface area (Å²) in [6.45, 7) is 0. The average molecular weight is 919 g/mol. The van der Waals surface area contributed by atoms with Crippen LogP contribution >= 0.6 is 39.1 Å². The Bertz CT molecular complexity index is 2450. The molecule has 58 heavy (non-hydrogen) atoms. The monoisotopic (exact) mass is 917 g/mol. The van der Waals surface area contributed by atoms with Crippen molar-refractivity contribution in [1.82, 2.24) is 0 Å². The molecule has 3 aromatic carbocycles. The highest BCUT2D eigenvalue weighted by Crippen LogP contribution is 2.66. The van der Waals surface area contributed by atoms with Crippen LogP contribution in [0.15, 0.2) is 40.4 Å². The van der Waals surface area contributed by atoms with E-state index >= 15 is 8.78 Å². The molecule has 2 heterocycles. The van der Waals surface area contributed by atoms with Gasteiger partial charge in [-0.05, 0) is 52.4 Å². The number of ether oxygens (including phenoxy) is 1. The standard InChI is InChI=1S/C35H23BrCl2F5N5O10/c1-44(2)27-17(47(54)55)8-12(9-18(27)48(56)57)45-30(50)14-5-4-13-15(20(14)31(45)51)10-34(37)32(52)46(28-25(42)23(40)22(39)24(41)26(28)43)33(53)35(34,38)21(13)11-6-16(36)29(49)19(7-11)58-3/h4,6-9,14-15,20-21,49H,5,10H2,1-3H3. The number of imide groups is 2. The quantitative estimate of drug-likeness (QED) is 0.0397. The number of nitrogens with zero attached hydrogens (tertiary/aromatic N) is 5. The van der Waals surface area contributed by atoms with Crippen molar-refractivity contribution in [3.63, 3.8) is 0 Å². The number of alkyl halides is 2. The zero-order chi connectivity index (χ0) is 42.8. The molecule has 2 aliphatic carbocycles. The molecule has 6 atom stereocenters. The van der Waals surface area contributed by atoms with Gasteiger partial charge < -0.3 is 14.7 Å². The maximum atomic E-state index is 15.4. The van der Waals surface area contributed by atoms with E-state index < -0.39 is 137 Å². The molecule has 0 radical (unpaired) electrons. The van der Waals surface area contributed by atoms with Crippen molar-refractivity contribution in [1.29, 1.82) is 0 Å². The molecule has 2 saturated heterocycles. The number of halogens is 8. The number of hydrogen-bond acceptors (Lipinski definition) is 11. The van der Waals surface area contributed by atoms with Gasteiger partial charge in [0.15, 0.2) is 50.2 Å². The van der Waals surface area contributed by atoms with E-state index in [0.29, 0.717) is 4.90 Å². The van der Waals surface area contributed by atoms with E-state index in [4.69, 9.17) is 27.9 Å². The maximum Gasteiger partial charge on any atom is 0.301 e. The number of allylic oxidation sites excluding steroid dienone is 2. The molecule has 7 rings (SSSR count). The Morgan fingerprint density at radius 1 is 0.862 bits per heavy atom. The highest BCUT2D eigenvalue weighted by atomic mass is 79.9. The molecule has 4 amide bonds. The van der Waals surface area contributed by atoms with Gasteiger partial charge in [0, 0.05) is 32.1 Å². The SMILES string of the molecule is COc1cc(C2C3=CCC4C(=O)N(c5cc([N+](=O)[O-])c(N(C)C)c([N+](=O)[O-])c5)C(=O)C4C3CC3(Cl)C(=O)N(c4c(F)c(F)c(F)c(F)c4F)C(=O)C23Cl)cc(Br)c1O. The van der Waals surface area contributed by atoms with E-state index in [0.717, 1.165) is 30.2 Å². The van der Waals surface area contributed by atoms with Crippen molar-refractivity contribution in [2.45, 2.75) is 28.5 Å². The van der Waals surface area contributed by atoms with Gasteiger partial charge in [0.05, 0.1) is 39.0 Å². The highest BCUT2D eigenvalue weighted by Gasteiger charge is 2.77. The van der Waals surface area contributed by atoms with Crippen molar-refractivity contribution in [2.24, 2.45) is 17.8 Å². The van der Waals surface area contributed by atoms with Crippen molar-refractivity contribution in [3.05, 3.63) is 95.3 Å². The van der Waals surface area contributed by atoms with Gasteiger partial charge in [0.25, 0.3) is 11.8 Å². The molecule has 3 aromatic rings. The first-order chi connectivity index (χ1) is 27.1. The Labute approximate surface area is 339 Å². The third kappa shape index (κ3) is 5.27. The number of phenolic OH excluding ortho intramolecular Hbond substituents is 1. The zero-order valence-electron chi connectivity index (χ0n) is 29.5. The van der Waals surface area contributed by atoms with Crippen LogP contribution in [-0.2, 0) is 19.2 Å². The Morgan fingerprint density at radius 3 is 1.93 bits per heavy atom. The fourth-order valence-corrected chi connectivity index (χ4v) is 9.96. The maximum absolute atomic E-state index is 15.4. The smallest absolute Gasteiger partial charge is 0.301 e. The number of rotatable bonds is 7. The first-order valence-corrected chi connectivity index (χ1v) is 18.2. The van der Waals surface area contributed by atoms with E-state index in [1.165, 1.54) is 26.2 Å². The second-order valence-electron chi connectivity index (χ2n) is 14.0. The van der Waals surface area contributed by atoms with Gasteiger partial charge in [0.2, 0.25) is 17.6 Å². The third-order valence-corrected chi connectivity index (χ3v) is 13.0. The van der Waals surface area contributed by atoms with Gasteiger partial charge in [0.1, 0.15) is 5.69 Å². The minimum absolute atomic E-state index is 0.0375. The topological polar surface area (TPSA) is 194 Å². The predicted molar refractivity (Wildman–Crippen MR) is 195 cm³/mol. The van der Waals surface area contributed by atoms with Gasteiger partial charge in [-0.15, -0.1) is 23.2 Å². The Balaban J connectivity index is 1.44.